The Morgan fingerprint density at radius 1 is 1.03 bits per heavy atom. The quantitative estimate of drug-likeness (QED) is 0.386. The van der Waals surface area contributed by atoms with Crippen LogP contribution in [-0.4, -0.2) is 42.9 Å². The van der Waals surface area contributed by atoms with Gasteiger partial charge in [0.2, 0.25) is 5.91 Å². The summed E-state index contributed by atoms with van der Waals surface area (Å²) in [5, 5.41) is 5.50. The third kappa shape index (κ3) is 4.48. The molecule has 0 bridgehead atoms. The van der Waals surface area contributed by atoms with Crippen LogP contribution in [0.1, 0.15) is 22.5 Å². The Hall–Kier alpha value is -3.32. The fourth-order valence-corrected chi connectivity index (χ4v) is 4.61. The number of benzene rings is 2. The van der Waals surface area contributed by atoms with Crippen molar-refractivity contribution < 1.29 is 4.79 Å². The van der Waals surface area contributed by atoms with E-state index in [0.29, 0.717) is 12.3 Å². The topological polar surface area (TPSA) is 56.0 Å². The Bertz CT molecular complexity index is 1230. The van der Waals surface area contributed by atoms with Crippen molar-refractivity contribution in [2.45, 2.75) is 32.5 Å². The van der Waals surface area contributed by atoms with Gasteiger partial charge in [0, 0.05) is 37.2 Å². The number of hydrogen-bond donors (Lipinski definition) is 0. The maximum atomic E-state index is 12.9. The highest BCUT2D eigenvalue weighted by molar-refractivity contribution is 7.99. The van der Waals surface area contributed by atoms with Crippen LogP contribution in [0.15, 0.2) is 72.1 Å². The van der Waals surface area contributed by atoms with Crippen LogP contribution < -0.4 is 0 Å². The lowest BCUT2D eigenvalue weighted by molar-refractivity contribution is -0.127. The van der Waals surface area contributed by atoms with Crippen LogP contribution >= 0.6 is 11.8 Å². The molecule has 6 nitrogen and oxygen atoms in total. The van der Waals surface area contributed by atoms with E-state index in [-0.39, 0.29) is 5.91 Å². The number of amides is 1. The fourth-order valence-electron chi connectivity index (χ4n) is 3.70. The number of imidazole rings is 1. The first-order valence-corrected chi connectivity index (χ1v) is 11.5. The lowest BCUT2D eigenvalue weighted by atomic mass is 10.2. The minimum atomic E-state index is 0.0561. The van der Waals surface area contributed by atoms with Gasteiger partial charge in [0.1, 0.15) is 0 Å². The number of thioether (sulfide) groups is 1. The molecule has 4 aromatic rings. The zero-order valence-corrected chi connectivity index (χ0v) is 19.6. The lowest BCUT2D eigenvalue weighted by Gasteiger charge is -2.18. The summed E-state index contributed by atoms with van der Waals surface area (Å²) in [6.07, 6.45) is 3.71. The van der Waals surface area contributed by atoms with E-state index in [1.54, 1.807) is 11.1 Å². The number of aryl methyl sites for hydroxylation is 2. The maximum Gasteiger partial charge on any atom is 0.233 e. The maximum absolute atomic E-state index is 12.9. The molecule has 164 valence electrons. The molecule has 2 heterocycles. The van der Waals surface area contributed by atoms with Crippen LogP contribution in [0.3, 0.4) is 0 Å². The second-order valence-corrected chi connectivity index (χ2v) is 8.74. The molecular formula is C25H27N5OS. The van der Waals surface area contributed by atoms with E-state index < -0.39 is 0 Å². The number of nitrogens with zero attached hydrogens (tertiary/aromatic N) is 5. The molecule has 0 aliphatic carbocycles. The fraction of sp³-hybridized carbons (Fsp3) is 0.240. The molecule has 0 aliphatic heterocycles. The Kier molecular flexibility index (Phi) is 6.46. The normalized spacial score (nSPS) is 11.0. The Morgan fingerprint density at radius 2 is 1.75 bits per heavy atom. The van der Waals surface area contributed by atoms with E-state index in [1.807, 2.05) is 78.8 Å². The highest BCUT2D eigenvalue weighted by Crippen LogP contribution is 2.24. The van der Waals surface area contributed by atoms with Crippen molar-refractivity contribution in [1.29, 1.82) is 0 Å². The van der Waals surface area contributed by atoms with Gasteiger partial charge in [0.05, 0.1) is 22.8 Å². The zero-order valence-electron chi connectivity index (χ0n) is 18.8. The number of carbonyl (C=O) groups excluding carboxylic acids is 1. The average Bonchev–Trinajstić information content (AvgIpc) is 3.38. The molecule has 2 aromatic heterocycles. The third-order valence-electron chi connectivity index (χ3n) is 5.57. The van der Waals surface area contributed by atoms with Crippen molar-refractivity contribution in [3.8, 4) is 11.4 Å². The number of hydrogen-bond acceptors (Lipinski definition) is 4. The Labute approximate surface area is 192 Å². The van der Waals surface area contributed by atoms with E-state index in [0.717, 1.165) is 39.0 Å². The first-order valence-electron chi connectivity index (χ1n) is 10.5. The highest BCUT2D eigenvalue weighted by atomic mass is 32.2. The molecule has 0 radical (unpaired) electrons. The minimum Gasteiger partial charge on any atom is -0.341 e. The monoisotopic (exact) mass is 445 g/mol. The Morgan fingerprint density at radius 3 is 2.50 bits per heavy atom. The van der Waals surface area contributed by atoms with Crippen molar-refractivity contribution in [3.63, 3.8) is 0 Å². The molecule has 1 amide bonds. The van der Waals surface area contributed by atoms with Crippen molar-refractivity contribution in [2.24, 2.45) is 0 Å². The summed E-state index contributed by atoms with van der Waals surface area (Å²) in [4.78, 5) is 19.1. The molecule has 0 spiro atoms. The van der Waals surface area contributed by atoms with Crippen molar-refractivity contribution >= 4 is 17.7 Å². The van der Waals surface area contributed by atoms with Crippen LogP contribution in [0.5, 0.6) is 0 Å². The zero-order chi connectivity index (χ0) is 22.7. The average molecular weight is 446 g/mol. The van der Waals surface area contributed by atoms with Crippen molar-refractivity contribution in [3.05, 3.63) is 89.5 Å². The van der Waals surface area contributed by atoms with Crippen molar-refractivity contribution in [1.82, 2.24) is 24.2 Å². The van der Waals surface area contributed by atoms with Gasteiger partial charge in [-0.15, -0.1) is 0 Å². The van der Waals surface area contributed by atoms with E-state index in [4.69, 9.17) is 5.10 Å². The standard InChI is InChI=1S/C25H27N5OS/c1-18-10-8-9-13-23(18)29-15-14-26-25(29)32-17-24(31)28(4)16-22-19(2)27-30(20(22)3)21-11-6-5-7-12-21/h5-15H,16-17H2,1-4H3. The molecule has 0 atom stereocenters. The lowest BCUT2D eigenvalue weighted by Crippen LogP contribution is -2.28. The van der Waals surface area contributed by atoms with Gasteiger partial charge in [-0.1, -0.05) is 48.2 Å². The second kappa shape index (κ2) is 9.44. The van der Waals surface area contributed by atoms with Crippen LogP contribution in [0.25, 0.3) is 11.4 Å². The molecule has 0 saturated heterocycles. The van der Waals surface area contributed by atoms with Gasteiger partial charge in [0.25, 0.3) is 0 Å². The first kappa shape index (κ1) is 21.9. The molecule has 0 N–H and O–H groups in total. The predicted octanol–water partition coefficient (Wildman–Crippen LogP) is 4.73. The molecule has 2 aromatic carbocycles. The van der Waals surface area contributed by atoms with E-state index in [2.05, 4.69) is 24.0 Å². The van der Waals surface area contributed by atoms with Gasteiger partial charge in [-0.05, 0) is 44.5 Å². The molecule has 4 rings (SSSR count). The van der Waals surface area contributed by atoms with Gasteiger partial charge < -0.3 is 4.90 Å². The van der Waals surface area contributed by atoms with Crippen LogP contribution in [0.4, 0.5) is 0 Å². The molecule has 7 heteroatoms. The van der Waals surface area contributed by atoms with Gasteiger partial charge in [0.15, 0.2) is 5.16 Å². The molecule has 32 heavy (non-hydrogen) atoms. The molecule has 0 aliphatic rings. The largest absolute Gasteiger partial charge is 0.341 e. The van der Waals surface area contributed by atoms with Gasteiger partial charge in [-0.2, -0.15) is 5.10 Å². The smallest absolute Gasteiger partial charge is 0.233 e. The third-order valence-corrected chi connectivity index (χ3v) is 6.52. The van der Waals surface area contributed by atoms with Crippen molar-refractivity contribution in [2.75, 3.05) is 12.8 Å². The summed E-state index contributed by atoms with van der Waals surface area (Å²) in [5.41, 5.74) is 6.33. The predicted molar refractivity (Wildman–Crippen MR) is 129 cm³/mol. The summed E-state index contributed by atoms with van der Waals surface area (Å²) >= 11 is 1.45. The summed E-state index contributed by atoms with van der Waals surface area (Å²) < 4.78 is 3.97. The first-order chi connectivity index (χ1) is 15.5. The second-order valence-electron chi connectivity index (χ2n) is 7.80. The number of carbonyl (C=O) groups is 1. The molecule has 0 fully saturated rings. The number of rotatable bonds is 7. The summed E-state index contributed by atoms with van der Waals surface area (Å²) in [6, 6.07) is 18.2. The van der Waals surface area contributed by atoms with E-state index in [9.17, 15) is 4.79 Å². The van der Waals surface area contributed by atoms with Gasteiger partial charge >= 0.3 is 0 Å². The minimum absolute atomic E-state index is 0.0561. The molecule has 0 unspecified atom stereocenters. The number of aromatic nitrogens is 4. The van der Waals surface area contributed by atoms with Crippen LogP contribution in [0, 0.1) is 20.8 Å². The summed E-state index contributed by atoms with van der Waals surface area (Å²) in [6.45, 7) is 6.64. The Balaban J connectivity index is 1.44. The SMILES string of the molecule is Cc1ccccc1-n1ccnc1SCC(=O)N(C)Cc1c(C)nn(-c2ccccc2)c1C. The molecular weight excluding hydrogens is 418 g/mol. The highest BCUT2D eigenvalue weighted by Gasteiger charge is 2.18. The van der Waals surface area contributed by atoms with Gasteiger partial charge in [-0.3, -0.25) is 9.36 Å². The van der Waals surface area contributed by atoms with Crippen LogP contribution in [-0.2, 0) is 11.3 Å². The van der Waals surface area contributed by atoms with Crippen LogP contribution in [0.2, 0.25) is 0 Å². The van der Waals surface area contributed by atoms with E-state index in [1.165, 1.54) is 11.8 Å². The number of para-hydroxylation sites is 2. The van der Waals surface area contributed by atoms with Gasteiger partial charge in [-0.25, -0.2) is 9.67 Å². The summed E-state index contributed by atoms with van der Waals surface area (Å²) in [7, 11) is 1.84. The molecule has 0 saturated carbocycles. The summed E-state index contributed by atoms with van der Waals surface area (Å²) in [5.74, 6) is 0.380. The van der Waals surface area contributed by atoms with E-state index >= 15 is 0 Å².